The number of nitrogens with zero attached hydrogens (tertiary/aromatic N) is 5. The molecule has 5 rings (SSSR count). The van der Waals surface area contributed by atoms with Gasteiger partial charge in [-0.3, -0.25) is 4.31 Å². The van der Waals surface area contributed by atoms with Crippen molar-refractivity contribution in [1.82, 2.24) is 20.5 Å². The second-order valence-electron chi connectivity index (χ2n) is 11.5. The van der Waals surface area contributed by atoms with Gasteiger partial charge in [0.25, 0.3) is 0 Å². The van der Waals surface area contributed by atoms with Gasteiger partial charge >= 0.3 is 6.09 Å². The Morgan fingerprint density at radius 3 is 2.23 bits per heavy atom. The van der Waals surface area contributed by atoms with Crippen molar-refractivity contribution in [3.05, 3.63) is 89.8 Å². The van der Waals surface area contributed by atoms with Crippen molar-refractivity contribution in [2.45, 2.75) is 38.8 Å². The van der Waals surface area contributed by atoms with E-state index in [-0.39, 0.29) is 24.0 Å². The molecular weight excluding hydrogens is 568 g/mol. The maximum atomic E-state index is 12.6. The van der Waals surface area contributed by atoms with Crippen molar-refractivity contribution < 1.29 is 22.7 Å². The Kier molecular flexibility index (Phi) is 8.41. The van der Waals surface area contributed by atoms with E-state index in [4.69, 9.17) is 9.40 Å². The largest absolute Gasteiger partial charge is 0.465 e. The number of amides is 1. The third-order valence-electron chi connectivity index (χ3n) is 7.82. The number of benzene rings is 2. The molecule has 1 aliphatic carbocycles. The zero-order valence-electron chi connectivity index (χ0n) is 24.6. The minimum Gasteiger partial charge on any atom is -0.465 e. The van der Waals surface area contributed by atoms with Crippen LogP contribution in [0.2, 0.25) is 0 Å². The molecule has 0 radical (unpaired) electrons. The van der Waals surface area contributed by atoms with Crippen LogP contribution >= 0.6 is 0 Å². The lowest BCUT2D eigenvalue weighted by Crippen LogP contribution is -2.44. The molecule has 43 heavy (non-hydrogen) atoms. The van der Waals surface area contributed by atoms with Gasteiger partial charge in [-0.1, -0.05) is 67.6 Å². The summed E-state index contributed by atoms with van der Waals surface area (Å²) < 4.78 is 32.3. The topological polar surface area (TPSA) is 142 Å². The fraction of sp³-hybridized carbons (Fsp3) is 0.355. The molecule has 2 aromatic heterocycles. The van der Waals surface area contributed by atoms with Gasteiger partial charge in [0.05, 0.1) is 6.26 Å². The Morgan fingerprint density at radius 1 is 1.05 bits per heavy atom. The number of rotatable bonds is 12. The first kappa shape index (κ1) is 30.0. The maximum absolute atomic E-state index is 12.6. The van der Waals surface area contributed by atoms with Crippen molar-refractivity contribution in [1.29, 1.82) is 0 Å². The molecule has 11 nitrogen and oxygen atoms in total. The van der Waals surface area contributed by atoms with Crippen molar-refractivity contribution in [3.8, 4) is 11.5 Å². The summed E-state index contributed by atoms with van der Waals surface area (Å²) in [6.07, 6.45) is 1.28. The number of nitrogens with one attached hydrogen (secondary N) is 1. The van der Waals surface area contributed by atoms with Crippen LogP contribution in [0.15, 0.2) is 77.2 Å². The van der Waals surface area contributed by atoms with E-state index in [9.17, 15) is 18.3 Å². The van der Waals surface area contributed by atoms with Crippen molar-refractivity contribution in [2.75, 3.05) is 29.1 Å². The Labute approximate surface area is 251 Å². The quantitative estimate of drug-likeness (QED) is 0.231. The predicted octanol–water partition coefficient (Wildman–Crippen LogP) is 4.92. The maximum Gasteiger partial charge on any atom is 0.405 e. The normalized spacial score (nSPS) is 17.6. The van der Waals surface area contributed by atoms with E-state index >= 15 is 0 Å². The molecule has 4 aromatic rings. The van der Waals surface area contributed by atoms with Gasteiger partial charge in [-0.15, -0.1) is 10.2 Å². The average Bonchev–Trinajstić information content (AvgIpc) is 3.42. The summed E-state index contributed by atoms with van der Waals surface area (Å²) in [6, 6.07) is 22.8. The number of sulfonamides is 1. The summed E-state index contributed by atoms with van der Waals surface area (Å²) in [6.45, 7) is 5.23. The fourth-order valence-electron chi connectivity index (χ4n) is 5.07. The van der Waals surface area contributed by atoms with Crippen LogP contribution in [0.25, 0.3) is 11.5 Å². The summed E-state index contributed by atoms with van der Waals surface area (Å²) in [5.41, 5.74) is 1.22. The lowest BCUT2D eigenvalue weighted by Gasteiger charge is -2.26. The molecule has 1 aliphatic rings. The van der Waals surface area contributed by atoms with Gasteiger partial charge in [0.15, 0.2) is 0 Å². The zero-order valence-corrected chi connectivity index (χ0v) is 25.5. The van der Waals surface area contributed by atoms with Gasteiger partial charge in [-0.2, -0.15) is 0 Å². The Hall–Kier alpha value is -4.45. The molecule has 0 bridgehead atoms. The van der Waals surface area contributed by atoms with Gasteiger partial charge < -0.3 is 19.7 Å². The molecule has 0 aliphatic heterocycles. The van der Waals surface area contributed by atoms with Crippen LogP contribution in [0.3, 0.4) is 0 Å². The molecule has 0 saturated heterocycles. The zero-order chi connectivity index (χ0) is 30.8. The highest BCUT2D eigenvalue weighted by atomic mass is 32.2. The molecule has 1 fully saturated rings. The predicted molar refractivity (Wildman–Crippen MR) is 164 cm³/mol. The minimum absolute atomic E-state index is 0.0816. The number of aromatic nitrogens is 3. The monoisotopic (exact) mass is 604 g/mol. The van der Waals surface area contributed by atoms with Crippen LogP contribution in [-0.4, -0.2) is 54.6 Å². The van der Waals surface area contributed by atoms with Crippen molar-refractivity contribution in [3.63, 3.8) is 0 Å². The van der Waals surface area contributed by atoms with Gasteiger partial charge in [-0.05, 0) is 48.4 Å². The van der Waals surface area contributed by atoms with Crippen LogP contribution < -0.4 is 14.5 Å². The Morgan fingerprint density at radius 2 is 1.65 bits per heavy atom. The summed E-state index contributed by atoms with van der Waals surface area (Å²) in [5, 5.41) is 20.7. The summed E-state index contributed by atoms with van der Waals surface area (Å²) in [4.78, 5) is 18.7. The van der Waals surface area contributed by atoms with Gasteiger partial charge in [0, 0.05) is 32.1 Å². The molecule has 1 amide bonds. The number of anilines is 2. The lowest BCUT2D eigenvalue weighted by molar-refractivity contribution is 0.172. The molecule has 3 atom stereocenters. The SMILES string of the molecule is CC1CC1CN(Cc1ccccc1)c1cc(-c2nnc(C(C)(Cc3ccccc3)NC(=O)O)o2)cc(N(C)S(C)(=O)=O)n1. The highest BCUT2D eigenvalue weighted by Crippen LogP contribution is 2.40. The number of hydrogen-bond donors (Lipinski definition) is 2. The third kappa shape index (κ3) is 7.31. The smallest absolute Gasteiger partial charge is 0.405 e. The van der Waals surface area contributed by atoms with Crippen molar-refractivity contribution in [2.24, 2.45) is 11.8 Å². The van der Waals surface area contributed by atoms with Crippen LogP contribution in [0.1, 0.15) is 37.3 Å². The van der Waals surface area contributed by atoms with E-state index in [1.54, 1.807) is 13.0 Å². The molecule has 12 heteroatoms. The fourth-order valence-corrected chi connectivity index (χ4v) is 5.51. The Balaban J connectivity index is 1.57. The van der Waals surface area contributed by atoms with Gasteiger partial charge in [0.2, 0.25) is 21.8 Å². The van der Waals surface area contributed by atoms with E-state index in [1.165, 1.54) is 7.05 Å². The molecule has 1 saturated carbocycles. The van der Waals surface area contributed by atoms with Crippen molar-refractivity contribution >= 4 is 27.8 Å². The summed E-state index contributed by atoms with van der Waals surface area (Å²) in [7, 11) is -2.18. The van der Waals surface area contributed by atoms with Crippen LogP contribution in [-0.2, 0) is 28.5 Å². The van der Waals surface area contributed by atoms with Crippen LogP contribution in [0.4, 0.5) is 16.4 Å². The third-order valence-corrected chi connectivity index (χ3v) is 9.00. The lowest BCUT2D eigenvalue weighted by atomic mass is 9.93. The highest BCUT2D eigenvalue weighted by Gasteiger charge is 2.36. The van der Waals surface area contributed by atoms with E-state index in [2.05, 4.69) is 27.3 Å². The number of hydrogen-bond acceptors (Lipinski definition) is 8. The first-order chi connectivity index (χ1) is 20.4. The molecule has 2 heterocycles. The molecule has 3 unspecified atom stereocenters. The molecule has 2 N–H and O–H groups in total. The van der Waals surface area contributed by atoms with E-state index < -0.39 is 21.7 Å². The van der Waals surface area contributed by atoms with Gasteiger partial charge in [-0.25, -0.2) is 18.2 Å². The van der Waals surface area contributed by atoms with Gasteiger partial charge in [0.1, 0.15) is 17.2 Å². The average molecular weight is 605 g/mol. The number of pyridine rings is 1. The number of carbonyl (C=O) groups is 1. The van der Waals surface area contributed by atoms with E-state index in [1.807, 2.05) is 66.7 Å². The Bertz CT molecular complexity index is 1680. The summed E-state index contributed by atoms with van der Waals surface area (Å²) >= 11 is 0. The molecule has 2 aromatic carbocycles. The van der Waals surface area contributed by atoms with Crippen LogP contribution in [0, 0.1) is 11.8 Å². The minimum atomic E-state index is -3.63. The number of carboxylic acid groups (broad SMARTS) is 1. The molecule has 0 spiro atoms. The second-order valence-corrected chi connectivity index (χ2v) is 13.5. The second kappa shape index (κ2) is 12.0. The first-order valence-electron chi connectivity index (χ1n) is 14.1. The van der Waals surface area contributed by atoms with Crippen LogP contribution in [0.5, 0.6) is 0 Å². The molecule has 226 valence electrons. The van der Waals surface area contributed by atoms with E-state index in [0.717, 1.165) is 34.7 Å². The first-order valence-corrected chi connectivity index (χ1v) is 15.9. The summed E-state index contributed by atoms with van der Waals surface area (Å²) in [5.74, 6) is 2.07. The highest BCUT2D eigenvalue weighted by molar-refractivity contribution is 7.92. The standard InChI is InChI=1S/C31H36N6O5S/c1-21-15-25(21)20-37(19-23-13-9-6-10-14-23)27-17-24(16-26(32-27)36(3)43(4,40)41)28-34-35-29(42-28)31(2,33-30(38)39)18-22-11-7-5-8-12-22/h5-14,16-17,21,25,33H,15,18-20H2,1-4H3,(H,38,39). The molecular formula is C31H36N6O5S. The van der Waals surface area contributed by atoms with E-state index in [0.29, 0.717) is 29.8 Å².